The van der Waals surface area contributed by atoms with E-state index < -0.39 is 23.9 Å². The van der Waals surface area contributed by atoms with Gasteiger partial charge in [0.2, 0.25) is 0 Å². The molecular weight excluding hydrogens is 456 g/mol. The summed E-state index contributed by atoms with van der Waals surface area (Å²) < 4.78 is 59.5. The fourth-order valence-corrected chi connectivity index (χ4v) is 5.37. The Balaban J connectivity index is 1.96. The minimum Gasteiger partial charge on any atom is -0.388 e. The summed E-state index contributed by atoms with van der Waals surface area (Å²) in [4.78, 5) is 0. The number of benzene rings is 2. The molecule has 6 heteroatoms. The number of allylic oxidation sites excluding steroid dienone is 1. The molecule has 0 saturated carbocycles. The molecule has 0 amide bonds. The van der Waals surface area contributed by atoms with Gasteiger partial charge in [0.05, 0.1) is 17.8 Å². The fraction of sp³-hybridized carbons (Fsp3) is 0.379. The van der Waals surface area contributed by atoms with E-state index in [1.807, 2.05) is 13.8 Å². The minimum absolute atomic E-state index is 0.0884. The van der Waals surface area contributed by atoms with Gasteiger partial charge in [0, 0.05) is 0 Å². The topological polar surface area (TPSA) is 29.5 Å². The van der Waals surface area contributed by atoms with Crippen molar-refractivity contribution in [2.75, 3.05) is 0 Å². The number of hydrogen-bond donors (Lipinski definition) is 1. The smallest absolute Gasteiger partial charge is 0.388 e. The third-order valence-corrected chi connectivity index (χ3v) is 6.93. The van der Waals surface area contributed by atoms with Crippen LogP contribution in [0.4, 0.5) is 17.6 Å². The first-order chi connectivity index (χ1) is 16.3. The summed E-state index contributed by atoms with van der Waals surface area (Å²) in [6.07, 6.45) is -4.95. The van der Waals surface area contributed by atoms with Crippen LogP contribution in [0.3, 0.4) is 0 Å². The van der Waals surface area contributed by atoms with Crippen molar-refractivity contribution >= 4 is 5.57 Å². The van der Waals surface area contributed by atoms with E-state index in [-0.39, 0.29) is 17.3 Å². The zero-order chi connectivity index (χ0) is 25.7. The quantitative estimate of drug-likeness (QED) is 0.448. The lowest BCUT2D eigenvalue weighted by atomic mass is 9.69. The van der Waals surface area contributed by atoms with Gasteiger partial charge in [-0.25, -0.2) is 4.39 Å². The minimum atomic E-state index is -4.44. The summed E-state index contributed by atoms with van der Waals surface area (Å²) in [7, 11) is 0. The van der Waals surface area contributed by atoms with E-state index in [2.05, 4.69) is 20.4 Å². The van der Waals surface area contributed by atoms with Gasteiger partial charge in [-0.2, -0.15) is 13.2 Å². The van der Waals surface area contributed by atoms with Crippen molar-refractivity contribution in [3.63, 3.8) is 0 Å². The lowest BCUT2D eigenvalue weighted by Gasteiger charge is -2.37. The standard InChI is InChI=1S/C29H30F4O2/c1-16-14-28(4,5)15-23(34)24(16)26(19-8-12-22(30)13-9-19)25-17(2)18(3)35-27(25)20-6-10-21(11-7-20)29(31,32)33/h6-13,18,23,27,34H,2,14-15H2,1,3-5H3/b26-25+. The van der Waals surface area contributed by atoms with Crippen LogP contribution < -0.4 is 0 Å². The van der Waals surface area contributed by atoms with Crippen LogP contribution in [0.1, 0.15) is 63.3 Å². The third kappa shape index (κ3) is 5.00. The van der Waals surface area contributed by atoms with E-state index >= 15 is 0 Å². The number of aliphatic hydroxyl groups is 1. The Bertz CT molecular complexity index is 1180. The fourth-order valence-electron chi connectivity index (χ4n) is 5.37. The first-order valence-corrected chi connectivity index (χ1v) is 11.7. The van der Waals surface area contributed by atoms with Gasteiger partial charge in [0.25, 0.3) is 0 Å². The number of rotatable bonds is 3. The molecule has 2 aliphatic rings. The first kappa shape index (κ1) is 25.4. The zero-order valence-electron chi connectivity index (χ0n) is 20.3. The molecule has 0 spiro atoms. The molecule has 3 atom stereocenters. The molecule has 2 aromatic rings. The number of hydrogen-bond acceptors (Lipinski definition) is 2. The van der Waals surface area contributed by atoms with Gasteiger partial charge >= 0.3 is 6.18 Å². The second-order valence-corrected chi connectivity index (χ2v) is 10.4. The molecule has 4 rings (SSSR count). The summed E-state index contributed by atoms with van der Waals surface area (Å²) in [5.41, 5.74) is 4.30. The van der Waals surface area contributed by atoms with Crippen LogP contribution in [0.25, 0.3) is 5.57 Å². The van der Waals surface area contributed by atoms with Crippen molar-refractivity contribution in [1.82, 2.24) is 0 Å². The molecule has 1 aliphatic heterocycles. The molecule has 186 valence electrons. The summed E-state index contributed by atoms with van der Waals surface area (Å²) in [6.45, 7) is 12.3. The Hall–Kier alpha value is -2.70. The first-order valence-electron chi connectivity index (χ1n) is 11.7. The summed E-state index contributed by atoms with van der Waals surface area (Å²) >= 11 is 0. The molecule has 1 heterocycles. The SMILES string of the molecule is C=C1/C(=C(\C2=C(C)CC(C)(C)CC2O)c2ccc(F)cc2)C(c2ccc(C(F)(F)F)cc2)OC1C. The average Bonchev–Trinajstić information content (AvgIpc) is 3.04. The normalized spacial score (nSPS) is 26.3. The van der Waals surface area contributed by atoms with Crippen molar-refractivity contribution in [3.8, 4) is 0 Å². The van der Waals surface area contributed by atoms with Gasteiger partial charge in [0.15, 0.2) is 0 Å². The maximum Gasteiger partial charge on any atom is 0.416 e. The Morgan fingerprint density at radius 1 is 1.06 bits per heavy atom. The molecule has 2 nitrogen and oxygen atoms in total. The van der Waals surface area contributed by atoms with E-state index in [9.17, 15) is 22.7 Å². The van der Waals surface area contributed by atoms with Crippen molar-refractivity contribution < 1.29 is 27.4 Å². The highest BCUT2D eigenvalue weighted by atomic mass is 19.4. The Morgan fingerprint density at radius 2 is 1.66 bits per heavy atom. The number of ether oxygens (including phenoxy) is 1. The van der Waals surface area contributed by atoms with E-state index in [1.165, 1.54) is 24.3 Å². The highest BCUT2D eigenvalue weighted by Crippen LogP contribution is 2.51. The van der Waals surface area contributed by atoms with Gasteiger partial charge < -0.3 is 9.84 Å². The van der Waals surface area contributed by atoms with Crippen molar-refractivity contribution in [2.24, 2.45) is 5.41 Å². The molecule has 1 saturated heterocycles. The van der Waals surface area contributed by atoms with Gasteiger partial charge in [-0.15, -0.1) is 0 Å². The van der Waals surface area contributed by atoms with Crippen LogP contribution in [0.2, 0.25) is 0 Å². The number of aliphatic hydroxyl groups excluding tert-OH is 1. The maximum absolute atomic E-state index is 13.8. The summed E-state index contributed by atoms with van der Waals surface area (Å²) in [6, 6.07) is 11.0. The molecule has 1 aliphatic carbocycles. The third-order valence-electron chi connectivity index (χ3n) is 6.93. The molecule has 3 unspecified atom stereocenters. The van der Waals surface area contributed by atoms with Gasteiger partial charge in [-0.05, 0) is 89.8 Å². The van der Waals surface area contributed by atoms with Crippen LogP contribution in [0.15, 0.2) is 77.4 Å². The van der Waals surface area contributed by atoms with Gasteiger partial charge in [0.1, 0.15) is 11.9 Å². The van der Waals surface area contributed by atoms with Crippen LogP contribution in [0, 0.1) is 11.2 Å². The van der Waals surface area contributed by atoms with Crippen LogP contribution in [-0.4, -0.2) is 17.3 Å². The Labute approximate surface area is 203 Å². The molecule has 0 radical (unpaired) electrons. The molecule has 1 N–H and O–H groups in total. The second-order valence-electron chi connectivity index (χ2n) is 10.4. The maximum atomic E-state index is 13.8. The van der Waals surface area contributed by atoms with Crippen LogP contribution in [0.5, 0.6) is 0 Å². The van der Waals surface area contributed by atoms with Gasteiger partial charge in [-0.3, -0.25) is 0 Å². The molecule has 0 bridgehead atoms. The Morgan fingerprint density at radius 3 is 2.20 bits per heavy atom. The molecular formula is C29H30F4O2. The number of alkyl halides is 3. The second kappa shape index (κ2) is 9.07. The zero-order valence-corrected chi connectivity index (χ0v) is 20.3. The predicted octanol–water partition coefficient (Wildman–Crippen LogP) is 7.81. The Kier molecular flexibility index (Phi) is 6.58. The van der Waals surface area contributed by atoms with E-state index in [0.29, 0.717) is 34.3 Å². The average molecular weight is 487 g/mol. The molecule has 1 fully saturated rings. The van der Waals surface area contributed by atoms with Crippen LogP contribution >= 0.6 is 0 Å². The summed E-state index contributed by atoms with van der Waals surface area (Å²) in [5, 5.41) is 11.3. The van der Waals surface area contributed by atoms with Crippen LogP contribution in [-0.2, 0) is 10.9 Å². The molecule has 35 heavy (non-hydrogen) atoms. The molecule has 2 aromatic carbocycles. The lowest BCUT2D eigenvalue weighted by Crippen LogP contribution is -2.29. The van der Waals surface area contributed by atoms with E-state index in [4.69, 9.17) is 4.74 Å². The largest absolute Gasteiger partial charge is 0.416 e. The highest BCUT2D eigenvalue weighted by Gasteiger charge is 2.40. The van der Waals surface area contributed by atoms with E-state index in [0.717, 1.165) is 29.7 Å². The number of halogens is 4. The van der Waals surface area contributed by atoms with Crippen molar-refractivity contribution in [1.29, 1.82) is 0 Å². The monoisotopic (exact) mass is 486 g/mol. The molecule has 0 aromatic heterocycles. The highest BCUT2D eigenvalue weighted by molar-refractivity contribution is 5.87. The van der Waals surface area contributed by atoms with Crippen molar-refractivity contribution in [3.05, 3.63) is 99.9 Å². The lowest BCUT2D eigenvalue weighted by molar-refractivity contribution is -0.137. The predicted molar refractivity (Wildman–Crippen MR) is 129 cm³/mol. The van der Waals surface area contributed by atoms with Gasteiger partial charge in [-0.1, -0.05) is 50.3 Å². The summed E-state index contributed by atoms with van der Waals surface area (Å²) in [5.74, 6) is -0.386. The van der Waals surface area contributed by atoms with E-state index in [1.54, 1.807) is 12.1 Å². The van der Waals surface area contributed by atoms with Crippen molar-refractivity contribution in [2.45, 2.75) is 65.0 Å².